The third-order valence-corrected chi connectivity index (χ3v) is 12.9. The first kappa shape index (κ1) is 36.6. The molecule has 1 aliphatic rings. The van der Waals surface area contributed by atoms with Crippen molar-refractivity contribution in [3.63, 3.8) is 0 Å². The molecule has 0 N–H and O–H groups in total. The molecule has 0 saturated heterocycles. The molecule has 0 spiro atoms. The molecule has 9 aromatic carbocycles. The van der Waals surface area contributed by atoms with E-state index in [-0.39, 0.29) is 0 Å². The lowest BCUT2D eigenvalue weighted by atomic mass is 9.67. The van der Waals surface area contributed by atoms with Gasteiger partial charge in [0.25, 0.3) is 0 Å². The van der Waals surface area contributed by atoms with Crippen LogP contribution in [0.25, 0.3) is 88.8 Å². The van der Waals surface area contributed by atoms with Gasteiger partial charge in [-0.3, -0.25) is 4.98 Å². The Balaban J connectivity index is 1.05. The average molecular weight is 802 g/mol. The Morgan fingerprint density at radius 2 is 0.905 bits per heavy atom. The maximum Gasteiger partial charge on any atom is 0.160 e. The van der Waals surface area contributed by atoms with Crippen molar-refractivity contribution >= 4 is 21.5 Å². The molecule has 2 aromatic heterocycles. The van der Waals surface area contributed by atoms with E-state index in [1.165, 1.54) is 60.7 Å². The molecule has 11 aromatic rings. The summed E-state index contributed by atoms with van der Waals surface area (Å²) in [6, 6.07) is 81.1. The van der Waals surface area contributed by atoms with E-state index in [1.54, 1.807) is 6.20 Å². The van der Waals surface area contributed by atoms with E-state index in [4.69, 9.17) is 9.97 Å². The lowest BCUT2D eigenvalue weighted by Crippen LogP contribution is -2.28. The van der Waals surface area contributed by atoms with Crippen molar-refractivity contribution in [1.82, 2.24) is 15.0 Å². The Morgan fingerprint density at radius 1 is 0.333 bits per heavy atom. The minimum atomic E-state index is -0.523. The smallest absolute Gasteiger partial charge is 0.160 e. The SMILES string of the molecule is c1ccc(-c2nc(-c3ccc(-c4cccnc4)cc3)cc(-c3ccc(-c4ccc5c(c4)C(c4ccccc4)(c4ccccc4)c4ccc6ccccc6c4-5)c4ccccc34)n2)cc1. The number of fused-ring (bicyclic) bond motifs is 6. The quantitative estimate of drug-likeness (QED) is 0.161. The first-order valence-corrected chi connectivity index (χ1v) is 21.5. The number of hydrogen-bond donors (Lipinski definition) is 0. The van der Waals surface area contributed by atoms with Gasteiger partial charge in [-0.2, -0.15) is 0 Å². The summed E-state index contributed by atoms with van der Waals surface area (Å²) in [5, 5.41) is 4.83. The standard InChI is InChI=1S/C60H39N3/c1-4-16-43(17-5-1)59-62-56(42-28-26-40(27-29-42)45-18-14-36-61-39-45)38-57(63-59)52-34-33-48(50-24-12-13-25-51(50)52)44-30-32-53-55(37-44)60(46-19-6-2-7-20-46,47-21-8-3-9-22-47)54-35-31-41-15-10-11-23-49(41)58(53)54/h1-39H. The summed E-state index contributed by atoms with van der Waals surface area (Å²) < 4.78 is 0. The van der Waals surface area contributed by atoms with Gasteiger partial charge in [0.15, 0.2) is 5.82 Å². The number of hydrogen-bond acceptors (Lipinski definition) is 3. The molecule has 3 nitrogen and oxygen atoms in total. The second kappa shape index (κ2) is 15.0. The van der Waals surface area contributed by atoms with Crippen LogP contribution < -0.4 is 0 Å². The summed E-state index contributed by atoms with van der Waals surface area (Å²) in [6.45, 7) is 0. The van der Waals surface area contributed by atoms with Gasteiger partial charge in [0.2, 0.25) is 0 Å². The second-order valence-corrected chi connectivity index (χ2v) is 16.3. The van der Waals surface area contributed by atoms with Crippen LogP contribution >= 0.6 is 0 Å². The molecule has 0 atom stereocenters. The molecule has 2 heterocycles. The summed E-state index contributed by atoms with van der Waals surface area (Å²) in [5.41, 5.74) is 16.5. The fourth-order valence-electron chi connectivity index (χ4n) is 10.0. The van der Waals surface area contributed by atoms with Crippen molar-refractivity contribution < 1.29 is 0 Å². The molecule has 0 amide bonds. The second-order valence-electron chi connectivity index (χ2n) is 16.3. The fourth-order valence-corrected chi connectivity index (χ4v) is 10.0. The molecule has 1 aliphatic carbocycles. The zero-order valence-electron chi connectivity index (χ0n) is 34.4. The molecular formula is C60H39N3. The van der Waals surface area contributed by atoms with Crippen LogP contribution in [-0.4, -0.2) is 15.0 Å². The van der Waals surface area contributed by atoms with E-state index in [1.807, 2.05) is 30.5 Å². The van der Waals surface area contributed by atoms with Gasteiger partial charge in [0, 0.05) is 29.1 Å². The van der Waals surface area contributed by atoms with E-state index in [2.05, 4.69) is 205 Å². The Bertz CT molecular complexity index is 3430. The number of pyridine rings is 1. The van der Waals surface area contributed by atoms with E-state index in [0.29, 0.717) is 5.82 Å². The zero-order chi connectivity index (χ0) is 41.7. The lowest BCUT2D eigenvalue weighted by Gasteiger charge is -2.34. The largest absolute Gasteiger partial charge is 0.264 e. The summed E-state index contributed by atoms with van der Waals surface area (Å²) in [7, 11) is 0. The van der Waals surface area contributed by atoms with Gasteiger partial charge in [-0.15, -0.1) is 0 Å². The van der Waals surface area contributed by atoms with Crippen molar-refractivity contribution in [3.8, 4) is 67.3 Å². The molecule has 0 bridgehead atoms. The molecule has 12 rings (SSSR count). The van der Waals surface area contributed by atoms with E-state index >= 15 is 0 Å². The van der Waals surface area contributed by atoms with Crippen molar-refractivity contribution in [2.24, 2.45) is 0 Å². The van der Waals surface area contributed by atoms with Crippen molar-refractivity contribution in [2.75, 3.05) is 0 Å². The Morgan fingerprint density at radius 3 is 1.62 bits per heavy atom. The summed E-state index contributed by atoms with van der Waals surface area (Å²) >= 11 is 0. The molecule has 294 valence electrons. The van der Waals surface area contributed by atoms with Crippen LogP contribution in [0.15, 0.2) is 237 Å². The topological polar surface area (TPSA) is 38.7 Å². The Kier molecular flexibility index (Phi) is 8.72. The molecule has 0 unspecified atom stereocenters. The lowest BCUT2D eigenvalue weighted by molar-refractivity contribution is 0.769. The van der Waals surface area contributed by atoms with Crippen LogP contribution in [0.1, 0.15) is 22.3 Å². The predicted molar refractivity (Wildman–Crippen MR) is 259 cm³/mol. The third kappa shape index (κ3) is 6.01. The Labute approximate surface area is 366 Å². The van der Waals surface area contributed by atoms with Gasteiger partial charge in [-0.05, 0) is 95.4 Å². The maximum absolute atomic E-state index is 5.28. The van der Waals surface area contributed by atoms with Crippen LogP contribution in [0.5, 0.6) is 0 Å². The number of aromatic nitrogens is 3. The molecular weight excluding hydrogens is 763 g/mol. The van der Waals surface area contributed by atoms with Gasteiger partial charge in [0.1, 0.15) is 0 Å². The molecule has 3 heteroatoms. The normalized spacial score (nSPS) is 12.6. The highest BCUT2D eigenvalue weighted by atomic mass is 14.9. The minimum absolute atomic E-state index is 0.523. The maximum atomic E-state index is 5.28. The summed E-state index contributed by atoms with van der Waals surface area (Å²) in [5.74, 6) is 0.691. The molecule has 0 saturated carbocycles. The minimum Gasteiger partial charge on any atom is -0.264 e. The van der Waals surface area contributed by atoms with Gasteiger partial charge in [-0.25, -0.2) is 9.97 Å². The first-order chi connectivity index (χ1) is 31.2. The van der Waals surface area contributed by atoms with Gasteiger partial charge in [0.05, 0.1) is 16.8 Å². The first-order valence-electron chi connectivity index (χ1n) is 21.5. The summed E-state index contributed by atoms with van der Waals surface area (Å²) in [4.78, 5) is 14.8. The monoisotopic (exact) mass is 801 g/mol. The van der Waals surface area contributed by atoms with Crippen LogP contribution in [0.4, 0.5) is 0 Å². The van der Waals surface area contributed by atoms with Gasteiger partial charge < -0.3 is 0 Å². The molecule has 63 heavy (non-hydrogen) atoms. The summed E-state index contributed by atoms with van der Waals surface area (Å²) in [6.07, 6.45) is 3.70. The molecule has 0 aliphatic heterocycles. The van der Waals surface area contributed by atoms with Crippen molar-refractivity contribution in [2.45, 2.75) is 5.41 Å². The van der Waals surface area contributed by atoms with Gasteiger partial charge in [-0.1, -0.05) is 206 Å². The third-order valence-electron chi connectivity index (χ3n) is 12.9. The highest BCUT2D eigenvalue weighted by Gasteiger charge is 2.46. The van der Waals surface area contributed by atoms with Crippen LogP contribution in [0.2, 0.25) is 0 Å². The van der Waals surface area contributed by atoms with Crippen molar-refractivity contribution in [1.29, 1.82) is 0 Å². The van der Waals surface area contributed by atoms with E-state index in [0.717, 1.165) is 44.6 Å². The van der Waals surface area contributed by atoms with Crippen LogP contribution in [-0.2, 0) is 5.41 Å². The van der Waals surface area contributed by atoms with Crippen LogP contribution in [0.3, 0.4) is 0 Å². The molecule has 0 fully saturated rings. The van der Waals surface area contributed by atoms with E-state index < -0.39 is 5.41 Å². The number of nitrogens with zero attached hydrogens (tertiary/aromatic N) is 3. The highest BCUT2D eigenvalue weighted by molar-refractivity contribution is 6.07. The predicted octanol–water partition coefficient (Wildman–Crippen LogP) is 14.9. The fraction of sp³-hybridized carbons (Fsp3) is 0.0167. The van der Waals surface area contributed by atoms with Crippen LogP contribution in [0, 0.1) is 0 Å². The van der Waals surface area contributed by atoms with E-state index in [9.17, 15) is 0 Å². The number of benzene rings is 9. The average Bonchev–Trinajstić information content (AvgIpc) is 3.68. The molecule has 0 radical (unpaired) electrons. The number of rotatable bonds is 7. The van der Waals surface area contributed by atoms with Crippen molar-refractivity contribution in [3.05, 3.63) is 259 Å². The van der Waals surface area contributed by atoms with Gasteiger partial charge >= 0.3 is 0 Å². The highest BCUT2D eigenvalue weighted by Crippen LogP contribution is 2.58. The Hall–Kier alpha value is -8.27. The zero-order valence-corrected chi connectivity index (χ0v) is 34.4.